The zero-order valence-corrected chi connectivity index (χ0v) is 13.9. The number of hydrogen-bond acceptors (Lipinski definition) is 6. The van der Waals surface area contributed by atoms with Crippen LogP contribution in [0.5, 0.6) is 0 Å². The molecule has 0 spiro atoms. The van der Waals surface area contributed by atoms with Crippen LogP contribution in [-0.4, -0.2) is 52.6 Å². The van der Waals surface area contributed by atoms with Crippen LogP contribution in [0.15, 0.2) is 17.8 Å². The minimum absolute atomic E-state index is 0.185. The Kier molecular flexibility index (Phi) is 5.20. The molecule has 1 aliphatic heterocycles. The van der Waals surface area contributed by atoms with Gasteiger partial charge in [0.15, 0.2) is 0 Å². The Labute approximate surface area is 134 Å². The van der Waals surface area contributed by atoms with Crippen molar-refractivity contribution < 1.29 is 9.47 Å². The highest BCUT2D eigenvalue weighted by Crippen LogP contribution is 2.15. The molecule has 1 fully saturated rings. The lowest BCUT2D eigenvalue weighted by molar-refractivity contribution is -0.0405. The van der Waals surface area contributed by atoms with Crippen LogP contribution in [0, 0.1) is 6.92 Å². The quantitative estimate of drug-likeness (QED) is 0.810. The van der Waals surface area contributed by atoms with Crippen molar-refractivity contribution in [1.29, 1.82) is 0 Å². The topological polar surface area (TPSA) is 52.4 Å². The highest BCUT2D eigenvalue weighted by atomic mass is 32.1. The molecule has 1 unspecified atom stereocenters. The second kappa shape index (κ2) is 7.32. The Balaban J connectivity index is 1.53. The van der Waals surface area contributed by atoms with E-state index in [0.717, 1.165) is 43.5 Å². The number of rotatable bonds is 6. The van der Waals surface area contributed by atoms with Crippen LogP contribution in [0.3, 0.4) is 0 Å². The zero-order valence-electron chi connectivity index (χ0n) is 13.1. The molecule has 0 amide bonds. The van der Waals surface area contributed by atoms with Crippen LogP contribution in [0.25, 0.3) is 0 Å². The highest BCUT2D eigenvalue weighted by Gasteiger charge is 2.21. The summed E-state index contributed by atoms with van der Waals surface area (Å²) in [6.45, 7) is 6.95. The zero-order chi connectivity index (χ0) is 15.4. The van der Waals surface area contributed by atoms with Crippen molar-refractivity contribution in [2.75, 3.05) is 26.8 Å². The molecule has 1 saturated heterocycles. The van der Waals surface area contributed by atoms with Crippen molar-refractivity contribution in [2.24, 2.45) is 0 Å². The van der Waals surface area contributed by atoms with Crippen LogP contribution in [0.1, 0.15) is 16.3 Å². The molecule has 0 saturated carbocycles. The molecule has 0 N–H and O–H groups in total. The van der Waals surface area contributed by atoms with Crippen molar-refractivity contribution in [3.05, 3.63) is 34.0 Å². The first kappa shape index (κ1) is 15.6. The lowest BCUT2D eigenvalue weighted by atomic mass is 10.2. The summed E-state index contributed by atoms with van der Waals surface area (Å²) in [7, 11) is 1.70. The summed E-state index contributed by atoms with van der Waals surface area (Å²) in [5, 5.41) is 7.49. The van der Waals surface area contributed by atoms with Crippen molar-refractivity contribution >= 4 is 11.3 Å². The van der Waals surface area contributed by atoms with Crippen LogP contribution >= 0.6 is 11.3 Å². The van der Waals surface area contributed by atoms with Gasteiger partial charge in [0.2, 0.25) is 0 Å². The van der Waals surface area contributed by atoms with Crippen LogP contribution in [-0.2, 0) is 29.2 Å². The second-order valence-electron chi connectivity index (χ2n) is 5.63. The minimum atomic E-state index is 0.185. The number of aryl methyl sites for hydroxylation is 1. The summed E-state index contributed by atoms with van der Waals surface area (Å²) in [5.74, 6) is 0. The number of thiazole rings is 1. The smallest absolute Gasteiger partial charge is 0.119 e. The molecule has 3 heterocycles. The lowest BCUT2D eigenvalue weighted by Crippen LogP contribution is -2.43. The molecule has 1 aliphatic rings. The third kappa shape index (κ3) is 4.13. The fourth-order valence-electron chi connectivity index (χ4n) is 2.65. The van der Waals surface area contributed by atoms with E-state index in [0.29, 0.717) is 6.61 Å². The maximum Gasteiger partial charge on any atom is 0.119 e. The Bertz CT molecular complexity index is 598. The van der Waals surface area contributed by atoms with E-state index in [-0.39, 0.29) is 6.10 Å². The van der Waals surface area contributed by atoms with E-state index in [1.165, 1.54) is 5.56 Å². The summed E-state index contributed by atoms with van der Waals surface area (Å²) < 4.78 is 12.9. The van der Waals surface area contributed by atoms with Crippen LogP contribution < -0.4 is 0 Å². The highest BCUT2D eigenvalue weighted by molar-refractivity contribution is 7.09. The molecule has 0 bridgehead atoms. The van der Waals surface area contributed by atoms with Gasteiger partial charge in [-0.05, 0) is 12.5 Å². The Morgan fingerprint density at radius 2 is 2.41 bits per heavy atom. The van der Waals surface area contributed by atoms with Gasteiger partial charge in [0.05, 0.1) is 37.8 Å². The summed E-state index contributed by atoms with van der Waals surface area (Å²) >= 11 is 1.66. The predicted molar refractivity (Wildman–Crippen MR) is 84.8 cm³/mol. The van der Waals surface area contributed by atoms with E-state index in [2.05, 4.69) is 33.5 Å². The predicted octanol–water partition coefficient (Wildman–Crippen LogP) is 1.70. The van der Waals surface area contributed by atoms with Gasteiger partial charge in [0, 0.05) is 38.3 Å². The monoisotopic (exact) mass is 322 g/mol. The fourth-order valence-corrected chi connectivity index (χ4v) is 3.41. The summed E-state index contributed by atoms with van der Waals surface area (Å²) in [6.07, 6.45) is 4.12. The van der Waals surface area contributed by atoms with Gasteiger partial charge in [-0.2, -0.15) is 5.10 Å². The first-order chi connectivity index (χ1) is 10.7. The second-order valence-corrected chi connectivity index (χ2v) is 6.58. The molecule has 0 aliphatic carbocycles. The maximum atomic E-state index is 5.86. The van der Waals surface area contributed by atoms with Crippen molar-refractivity contribution in [3.63, 3.8) is 0 Å². The van der Waals surface area contributed by atoms with Crippen LogP contribution in [0.2, 0.25) is 0 Å². The van der Waals surface area contributed by atoms with Gasteiger partial charge in [-0.15, -0.1) is 11.3 Å². The number of ether oxygens (including phenoxy) is 2. The van der Waals surface area contributed by atoms with E-state index in [9.17, 15) is 0 Å². The number of aromatic nitrogens is 3. The van der Waals surface area contributed by atoms with E-state index in [1.54, 1.807) is 18.4 Å². The van der Waals surface area contributed by atoms with Gasteiger partial charge in [-0.25, -0.2) is 4.98 Å². The molecule has 120 valence electrons. The molecular weight excluding hydrogens is 300 g/mol. The van der Waals surface area contributed by atoms with E-state index in [1.807, 2.05) is 10.9 Å². The van der Waals surface area contributed by atoms with Crippen molar-refractivity contribution in [2.45, 2.75) is 32.7 Å². The van der Waals surface area contributed by atoms with Gasteiger partial charge >= 0.3 is 0 Å². The van der Waals surface area contributed by atoms with Crippen molar-refractivity contribution in [3.8, 4) is 0 Å². The number of morpholine rings is 1. The molecule has 0 radical (unpaired) electrons. The average molecular weight is 322 g/mol. The Hall–Kier alpha value is -1.28. The molecule has 0 aromatic carbocycles. The number of hydrogen-bond donors (Lipinski definition) is 0. The van der Waals surface area contributed by atoms with E-state index < -0.39 is 0 Å². The third-order valence-electron chi connectivity index (χ3n) is 3.63. The Morgan fingerprint density at radius 1 is 1.50 bits per heavy atom. The van der Waals surface area contributed by atoms with E-state index in [4.69, 9.17) is 9.47 Å². The largest absolute Gasteiger partial charge is 0.378 e. The standard InChI is InChI=1S/C15H22N4O2S/c1-12-5-16-19(6-12)9-14-8-18(3-4-21-14)7-13-11-22-15(17-13)10-20-2/h5-6,11,14H,3-4,7-10H2,1-2H3. The van der Waals surface area contributed by atoms with Gasteiger partial charge in [0.1, 0.15) is 5.01 Å². The summed E-state index contributed by atoms with van der Waals surface area (Å²) in [5.41, 5.74) is 2.30. The molecule has 1 atom stereocenters. The first-order valence-electron chi connectivity index (χ1n) is 7.48. The van der Waals surface area contributed by atoms with Gasteiger partial charge in [-0.3, -0.25) is 9.58 Å². The average Bonchev–Trinajstić information content (AvgIpc) is 3.09. The Morgan fingerprint density at radius 3 is 3.18 bits per heavy atom. The molecular formula is C15H22N4O2S. The normalized spacial score (nSPS) is 19.6. The summed E-state index contributed by atoms with van der Waals surface area (Å²) in [4.78, 5) is 7.00. The van der Waals surface area contributed by atoms with Gasteiger partial charge < -0.3 is 9.47 Å². The molecule has 7 heteroatoms. The minimum Gasteiger partial charge on any atom is -0.378 e. The number of nitrogens with zero attached hydrogens (tertiary/aromatic N) is 4. The van der Waals surface area contributed by atoms with E-state index >= 15 is 0 Å². The fraction of sp³-hybridized carbons (Fsp3) is 0.600. The van der Waals surface area contributed by atoms with Gasteiger partial charge in [-0.1, -0.05) is 0 Å². The molecule has 2 aromatic rings. The molecule has 6 nitrogen and oxygen atoms in total. The molecule has 22 heavy (non-hydrogen) atoms. The summed E-state index contributed by atoms with van der Waals surface area (Å²) in [6, 6.07) is 0. The van der Waals surface area contributed by atoms with Crippen molar-refractivity contribution in [1.82, 2.24) is 19.7 Å². The SMILES string of the molecule is COCc1nc(CN2CCOC(Cn3cc(C)cn3)C2)cs1. The lowest BCUT2D eigenvalue weighted by Gasteiger charge is -2.32. The number of methoxy groups -OCH3 is 1. The van der Waals surface area contributed by atoms with Gasteiger partial charge in [0.25, 0.3) is 0 Å². The third-order valence-corrected chi connectivity index (χ3v) is 4.50. The first-order valence-corrected chi connectivity index (χ1v) is 8.36. The van der Waals surface area contributed by atoms with Crippen LogP contribution in [0.4, 0.5) is 0 Å². The molecule has 2 aromatic heterocycles. The maximum absolute atomic E-state index is 5.86. The molecule has 3 rings (SSSR count).